The van der Waals surface area contributed by atoms with Gasteiger partial charge < -0.3 is 9.64 Å². The SMILES string of the molecule is CCOc1cccc(-n2cc(-c3ccccc3)nc2NC(=O)CN(CC2CC2)C(=O)c2ccc(F)cc2)c1. The second kappa shape index (κ2) is 11.3. The zero-order valence-electron chi connectivity index (χ0n) is 21.1. The van der Waals surface area contributed by atoms with Gasteiger partial charge in [0.1, 0.15) is 18.1 Å². The van der Waals surface area contributed by atoms with E-state index in [1.807, 2.05) is 67.7 Å². The van der Waals surface area contributed by atoms with E-state index in [2.05, 4.69) is 5.32 Å². The first kappa shape index (κ1) is 25.2. The normalized spacial score (nSPS) is 12.7. The molecule has 194 valence electrons. The van der Waals surface area contributed by atoms with E-state index in [0.29, 0.717) is 42.0 Å². The molecular formula is C30H29FN4O3. The summed E-state index contributed by atoms with van der Waals surface area (Å²) >= 11 is 0. The lowest BCUT2D eigenvalue weighted by Gasteiger charge is -2.22. The van der Waals surface area contributed by atoms with Gasteiger partial charge >= 0.3 is 0 Å². The van der Waals surface area contributed by atoms with E-state index >= 15 is 0 Å². The van der Waals surface area contributed by atoms with Crippen molar-refractivity contribution in [1.29, 1.82) is 0 Å². The van der Waals surface area contributed by atoms with E-state index in [9.17, 15) is 14.0 Å². The van der Waals surface area contributed by atoms with Gasteiger partial charge in [0.25, 0.3) is 5.91 Å². The summed E-state index contributed by atoms with van der Waals surface area (Å²) in [6.07, 6.45) is 3.91. The Morgan fingerprint density at radius 3 is 2.53 bits per heavy atom. The summed E-state index contributed by atoms with van der Waals surface area (Å²) in [4.78, 5) is 32.7. The number of amides is 2. The van der Waals surface area contributed by atoms with Gasteiger partial charge in [-0.05, 0) is 62.1 Å². The lowest BCUT2D eigenvalue weighted by Crippen LogP contribution is -2.39. The van der Waals surface area contributed by atoms with Crippen LogP contribution < -0.4 is 10.1 Å². The molecule has 0 unspecified atom stereocenters. The van der Waals surface area contributed by atoms with E-state index in [-0.39, 0.29) is 18.4 Å². The van der Waals surface area contributed by atoms with Crippen LogP contribution in [0.3, 0.4) is 0 Å². The van der Waals surface area contributed by atoms with Gasteiger partial charge in [0.05, 0.1) is 18.0 Å². The van der Waals surface area contributed by atoms with Crippen LogP contribution in [0.2, 0.25) is 0 Å². The Hall–Kier alpha value is -4.46. The summed E-state index contributed by atoms with van der Waals surface area (Å²) in [6.45, 7) is 2.79. The number of aromatic nitrogens is 2. The number of anilines is 1. The van der Waals surface area contributed by atoms with E-state index < -0.39 is 5.82 Å². The predicted octanol–water partition coefficient (Wildman–Crippen LogP) is 5.57. The van der Waals surface area contributed by atoms with Crippen molar-refractivity contribution >= 4 is 17.8 Å². The molecule has 1 heterocycles. The molecule has 1 aliphatic carbocycles. The molecule has 1 fully saturated rings. The second-order valence-electron chi connectivity index (χ2n) is 9.30. The highest BCUT2D eigenvalue weighted by atomic mass is 19.1. The van der Waals surface area contributed by atoms with Gasteiger partial charge in [0.2, 0.25) is 11.9 Å². The fourth-order valence-electron chi connectivity index (χ4n) is 4.25. The van der Waals surface area contributed by atoms with E-state index in [4.69, 9.17) is 9.72 Å². The maximum Gasteiger partial charge on any atom is 0.254 e. The molecule has 5 rings (SSSR count). The Labute approximate surface area is 220 Å². The smallest absolute Gasteiger partial charge is 0.254 e. The summed E-state index contributed by atoms with van der Waals surface area (Å²) in [5.74, 6) is 0.335. The highest BCUT2D eigenvalue weighted by Crippen LogP contribution is 2.30. The number of carbonyl (C=O) groups is 2. The molecule has 0 aliphatic heterocycles. The molecule has 0 radical (unpaired) electrons. The first-order chi connectivity index (χ1) is 18.5. The topological polar surface area (TPSA) is 76.5 Å². The third-order valence-corrected chi connectivity index (χ3v) is 6.32. The molecule has 1 saturated carbocycles. The molecule has 2 amide bonds. The molecule has 0 atom stereocenters. The van der Waals surface area contributed by atoms with Crippen molar-refractivity contribution in [3.63, 3.8) is 0 Å². The third kappa shape index (κ3) is 6.08. The molecule has 8 heteroatoms. The highest BCUT2D eigenvalue weighted by Gasteiger charge is 2.29. The maximum atomic E-state index is 13.4. The molecule has 0 bridgehead atoms. The zero-order valence-corrected chi connectivity index (χ0v) is 21.1. The van der Waals surface area contributed by atoms with Crippen LogP contribution in [0.1, 0.15) is 30.1 Å². The molecular weight excluding hydrogens is 483 g/mol. The minimum atomic E-state index is -0.414. The first-order valence-electron chi connectivity index (χ1n) is 12.7. The standard InChI is InChI=1S/C30H29FN4O3/c1-2-38-26-10-6-9-25(17-26)35-19-27(22-7-4-3-5-8-22)32-30(35)33-28(36)20-34(18-21-11-12-21)29(37)23-13-15-24(31)16-14-23/h3-10,13-17,19,21H,2,11-12,18,20H2,1H3,(H,32,33,36). The number of nitrogens with zero attached hydrogens (tertiary/aromatic N) is 3. The van der Waals surface area contributed by atoms with Gasteiger partial charge in [-0.1, -0.05) is 36.4 Å². The number of benzene rings is 3. The second-order valence-corrected chi connectivity index (χ2v) is 9.30. The van der Waals surface area contributed by atoms with E-state index in [0.717, 1.165) is 24.1 Å². The van der Waals surface area contributed by atoms with Gasteiger partial charge in [-0.15, -0.1) is 0 Å². The summed E-state index contributed by atoms with van der Waals surface area (Å²) in [6, 6.07) is 22.6. The average Bonchev–Trinajstić information content (AvgIpc) is 3.65. The lowest BCUT2D eigenvalue weighted by atomic mass is 10.2. The Kier molecular flexibility index (Phi) is 7.49. The Morgan fingerprint density at radius 2 is 1.82 bits per heavy atom. The fraction of sp³-hybridized carbons (Fsp3) is 0.233. The number of rotatable bonds is 10. The molecule has 38 heavy (non-hydrogen) atoms. The van der Waals surface area contributed by atoms with Crippen LogP contribution in [0, 0.1) is 11.7 Å². The van der Waals surface area contributed by atoms with Gasteiger partial charge in [-0.25, -0.2) is 9.37 Å². The van der Waals surface area contributed by atoms with Crippen LogP contribution >= 0.6 is 0 Å². The average molecular weight is 513 g/mol. The first-order valence-corrected chi connectivity index (χ1v) is 12.7. The van der Waals surface area contributed by atoms with Crippen LogP contribution in [-0.4, -0.2) is 46.0 Å². The molecule has 1 N–H and O–H groups in total. The van der Waals surface area contributed by atoms with E-state index in [1.54, 1.807) is 4.57 Å². The predicted molar refractivity (Wildman–Crippen MR) is 144 cm³/mol. The minimum absolute atomic E-state index is 0.140. The molecule has 7 nitrogen and oxygen atoms in total. The molecule has 1 aromatic heterocycles. The highest BCUT2D eigenvalue weighted by molar-refractivity contribution is 5.99. The monoisotopic (exact) mass is 512 g/mol. The molecule has 0 saturated heterocycles. The van der Waals surface area contributed by atoms with Gasteiger partial charge in [-0.2, -0.15) is 0 Å². The van der Waals surface area contributed by atoms with E-state index in [1.165, 1.54) is 29.2 Å². The van der Waals surface area contributed by atoms with Crippen molar-refractivity contribution in [2.75, 3.05) is 25.0 Å². The van der Waals surface area contributed by atoms with Crippen LogP contribution in [0.15, 0.2) is 85.1 Å². The summed E-state index contributed by atoms with van der Waals surface area (Å²) < 4.78 is 20.9. The van der Waals surface area contributed by atoms with Crippen LogP contribution in [-0.2, 0) is 4.79 Å². The van der Waals surface area contributed by atoms with Crippen molar-refractivity contribution in [1.82, 2.24) is 14.5 Å². The molecule has 1 aliphatic rings. The van der Waals surface area contributed by atoms with Crippen molar-refractivity contribution < 1.29 is 18.7 Å². The molecule has 3 aromatic carbocycles. The number of hydrogen-bond acceptors (Lipinski definition) is 4. The van der Waals surface area contributed by atoms with Crippen molar-refractivity contribution in [2.24, 2.45) is 5.92 Å². The Bertz CT molecular complexity index is 1420. The van der Waals surface area contributed by atoms with Gasteiger partial charge in [0.15, 0.2) is 0 Å². The van der Waals surface area contributed by atoms with Crippen LogP contribution in [0.4, 0.5) is 10.3 Å². The van der Waals surface area contributed by atoms with Crippen molar-refractivity contribution in [3.8, 4) is 22.7 Å². The summed E-state index contributed by atoms with van der Waals surface area (Å²) in [5, 5.41) is 2.91. The van der Waals surface area contributed by atoms with Crippen molar-refractivity contribution in [2.45, 2.75) is 19.8 Å². The molecule has 0 spiro atoms. The lowest BCUT2D eigenvalue weighted by molar-refractivity contribution is -0.117. The van der Waals surface area contributed by atoms with Crippen molar-refractivity contribution in [3.05, 3.63) is 96.4 Å². The van der Waals surface area contributed by atoms with Crippen LogP contribution in [0.5, 0.6) is 5.75 Å². The number of halogens is 1. The minimum Gasteiger partial charge on any atom is -0.494 e. The Morgan fingerprint density at radius 1 is 1.05 bits per heavy atom. The van der Waals surface area contributed by atoms with Crippen LogP contribution in [0.25, 0.3) is 16.9 Å². The number of ether oxygens (including phenoxy) is 1. The zero-order chi connectivity index (χ0) is 26.5. The summed E-state index contributed by atoms with van der Waals surface area (Å²) in [5.41, 5.74) is 2.73. The number of hydrogen-bond donors (Lipinski definition) is 1. The Balaban J connectivity index is 1.41. The van der Waals surface area contributed by atoms with Gasteiger partial charge in [-0.3, -0.25) is 19.5 Å². The molecule has 4 aromatic rings. The number of nitrogens with one attached hydrogen (secondary N) is 1. The quantitative estimate of drug-likeness (QED) is 0.302. The largest absolute Gasteiger partial charge is 0.494 e. The maximum absolute atomic E-state index is 13.4. The number of carbonyl (C=O) groups excluding carboxylic acids is 2. The summed E-state index contributed by atoms with van der Waals surface area (Å²) in [7, 11) is 0. The van der Waals surface area contributed by atoms with Gasteiger partial charge in [0, 0.05) is 29.9 Å². The fourth-order valence-corrected chi connectivity index (χ4v) is 4.25. The number of imidazole rings is 1. The third-order valence-electron chi connectivity index (χ3n) is 6.32.